The van der Waals surface area contributed by atoms with Crippen molar-refractivity contribution in [1.82, 2.24) is 19.6 Å². The molecule has 0 saturated heterocycles. The van der Waals surface area contributed by atoms with E-state index in [-0.39, 0.29) is 5.78 Å². The number of aryl methyl sites for hydroxylation is 2. The molecule has 0 unspecified atom stereocenters. The summed E-state index contributed by atoms with van der Waals surface area (Å²) in [5.41, 5.74) is 9.76. The molecule has 0 amide bonds. The average molecular weight is 463 g/mol. The molecule has 2 heterocycles. The molecule has 0 N–H and O–H groups in total. The summed E-state index contributed by atoms with van der Waals surface area (Å²) >= 11 is 0. The third-order valence-electron chi connectivity index (χ3n) is 6.81. The number of rotatable bonds is 4. The number of carbonyl (C=O) groups is 1. The molecule has 35 heavy (non-hydrogen) atoms. The van der Waals surface area contributed by atoms with E-state index in [0.29, 0.717) is 0 Å². The van der Waals surface area contributed by atoms with E-state index in [2.05, 4.69) is 26.0 Å². The molecule has 2 aromatic carbocycles. The first-order valence-corrected chi connectivity index (χ1v) is 12.1. The lowest BCUT2D eigenvalue weighted by atomic mass is 9.86. The Labute approximate surface area is 206 Å². The topological polar surface area (TPSA) is 52.7 Å². The van der Waals surface area contributed by atoms with Crippen molar-refractivity contribution < 1.29 is 4.79 Å². The molecule has 0 bridgehead atoms. The Morgan fingerprint density at radius 1 is 0.657 bits per heavy atom. The maximum Gasteiger partial charge on any atom is 0.185 e. The second-order valence-corrected chi connectivity index (χ2v) is 9.19. The van der Waals surface area contributed by atoms with Gasteiger partial charge in [-0.25, -0.2) is 9.36 Å². The molecule has 5 rings (SSSR count). The van der Waals surface area contributed by atoms with Gasteiger partial charge in [0.1, 0.15) is 0 Å². The van der Waals surface area contributed by atoms with Crippen molar-refractivity contribution >= 4 is 17.9 Å². The van der Waals surface area contributed by atoms with E-state index in [9.17, 15) is 4.79 Å². The molecule has 5 nitrogen and oxygen atoms in total. The second kappa shape index (κ2) is 9.34. The minimum Gasteiger partial charge on any atom is -0.289 e. The number of ketones is 1. The van der Waals surface area contributed by atoms with Crippen LogP contribution in [0.25, 0.3) is 23.5 Å². The molecular weight excluding hydrogens is 432 g/mol. The fourth-order valence-electron chi connectivity index (χ4n) is 4.89. The molecule has 1 aliphatic rings. The summed E-state index contributed by atoms with van der Waals surface area (Å²) in [5.74, 6) is 0.133. The lowest BCUT2D eigenvalue weighted by Gasteiger charge is -2.17. The Morgan fingerprint density at radius 2 is 1.06 bits per heavy atom. The number of nitrogens with zero attached hydrogens (tertiary/aromatic N) is 4. The molecule has 176 valence electrons. The summed E-state index contributed by atoms with van der Waals surface area (Å²) in [4.78, 5) is 13.5. The van der Waals surface area contributed by atoms with Crippen LogP contribution >= 0.6 is 0 Å². The van der Waals surface area contributed by atoms with Gasteiger partial charge in [-0.3, -0.25) is 4.79 Å². The van der Waals surface area contributed by atoms with E-state index in [0.717, 1.165) is 75.7 Å². The SMILES string of the molecule is Cc1nn(-c2ccccc2)c(C)c1/C=C1/CCC/C(=C\c2c(C)nn(-c3ccccc3)c2C)C1=O. The number of benzene rings is 2. The first-order valence-electron chi connectivity index (χ1n) is 12.1. The van der Waals surface area contributed by atoms with Crippen molar-refractivity contribution in [3.8, 4) is 11.4 Å². The highest BCUT2D eigenvalue weighted by molar-refractivity contribution is 6.14. The summed E-state index contributed by atoms with van der Waals surface area (Å²) in [5, 5.41) is 9.50. The van der Waals surface area contributed by atoms with Crippen molar-refractivity contribution in [2.45, 2.75) is 47.0 Å². The summed E-state index contributed by atoms with van der Waals surface area (Å²) in [7, 11) is 0. The van der Waals surface area contributed by atoms with Crippen LogP contribution in [0.15, 0.2) is 71.8 Å². The fraction of sp³-hybridized carbons (Fsp3) is 0.233. The highest BCUT2D eigenvalue weighted by Crippen LogP contribution is 2.31. The molecule has 4 aromatic rings. The van der Waals surface area contributed by atoms with Gasteiger partial charge >= 0.3 is 0 Å². The molecule has 1 aliphatic carbocycles. The summed E-state index contributed by atoms with van der Waals surface area (Å²) < 4.78 is 3.91. The third-order valence-corrected chi connectivity index (χ3v) is 6.81. The molecule has 1 saturated carbocycles. The van der Waals surface area contributed by atoms with Crippen LogP contribution in [-0.2, 0) is 4.79 Å². The van der Waals surface area contributed by atoms with Crippen LogP contribution < -0.4 is 0 Å². The smallest absolute Gasteiger partial charge is 0.185 e. The van der Waals surface area contributed by atoms with E-state index in [1.165, 1.54) is 0 Å². The van der Waals surface area contributed by atoms with Crippen molar-refractivity contribution in [2.75, 3.05) is 0 Å². The minimum atomic E-state index is 0.133. The number of allylic oxidation sites excluding steroid dienone is 2. The monoisotopic (exact) mass is 462 g/mol. The molecule has 0 radical (unpaired) electrons. The molecule has 0 spiro atoms. The zero-order chi connectivity index (χ0) is 24.5. The van der Waals surface area contributed by atoms with Gasteiger partial charge in [-0.1, -0.05) is 36.4 Å². The first kappa shape index (κ1) is 22.8. The Kier molecular flexibility index (Phi) is 6.08. The number of para-hydroxylation sites is 2. The third kappa shape index (κ3) is 4.30. The van der Waals surface area contributed by atoms with Crippen molar-refractivity contribution in [3.05, 3.63) is 106 Å². The highest BCUT2D eigenvalue weighted by Gasteiger charge is 2.23. The van der Waals surface area contributed by atoms with Crippen LogP contribution in [0.1, 0.15) is 53.2 Å². The Balaban J connectivity index is 1.49. The second-order valence-electron chi connectivity index (χ2n) is 9.19. The van der Waals surface area contributed by atoms with Crippen LogP contribution in [0.3, 0.4) is 0 Å². The number of hydrogen-bond donors (Lipinski definition) is 0. The maximum atomic E-state index is 13.5. The van der Waals surface area contributed by atoms with Gasteiger partial charge in [0.15, 0.2) is 5.78 Å². The van der Waals surface area contributed by atoms with E-state index in [4.69, 9.17) is 10.2 Å². The van der Waals surface area contributed by atoms with Crippen molar-refractivity contribution in [1.29, 1.82) is 0 Å². The Hall–Kier alpha value is -3.99. The molecular formula is C30H30N4O. The predicted molar refractivity (Wildman–Crippen MR) is 141 cm³/mol. The fourth-order valence-corrected chi connectivity index (χ4v) is 4.89. The molecule has 2 aromatic heterocycles. The molecule has 5 heteroatoms. The van der Waals surface area contributed by atoms with Crippen LogP contribution in [0.4, 0.5) is 0 Å². The largest absolute Gasteiger partial charge is 0.289 e. The molecule has 0 atom stereocenters. The minimum absolute atomic E-state index is 0.133. The van der Waals surface area contributed by atoms with Crippen molar-refractivity contribution in [3.63, 3.8) is 0 Å². The van der Waals surface area contributed by atoms with Gasteiger partial charge in [0, 0.05) is 33.7 Å². The zero-order valence-corrected chi connectivity index (χ0v) is 20.7. The van der Waals surface area contributed by atoms with E-state index in [1.54, 1.807) is 0 Å². The standard InChI is InChI=1S/C30H30N4O/c1-20-28(22(3)33(31-20)26-14-7-5-8-15-26)18-24-12-11-13-25(30(24)35)19-29-21(2)32-34(23(29)4)27-16-9-6-10-17-27/h5-10,14-19H,11-13H2,1-4H3/b24-18-,25-19+. The van der Waals surface area contributed by atoms with Gasteiger partial charge in [-0.15, -0.1) is 0 Å². The van der Waals surface area contributed by atoms with Gasteiger partial charge in [-0.2, -0.15) is 10.2 Å². The lowest BCUT2D eigenvalue weighted by molar-refractivity contribution is -0.112. The van der Waals surface area contributed by atoms with Gasteiger partial charge in [0.25, 0.3) is 0 Å². The van der Waals surface area contributed by atoms with E-state index in [1.807, 2.05) is 83.9 Å². The van der Waals surface area contributed by atoms with E-state index >= 15 is 0 Å². The van der Waals surface area contributed by atoms with Crippen LogP contribution in [-0.4, -0.2) is 25.3 Å². The van der Waals surface area contributed by atoms with Gasteiger partial charge < -0.3 is 0 Å². The quantitative estimate of drug-likeness (QED) is 0.325. The summed E-state index contributed by atoms with van der Waals surface area (Å²) in [6, 6.07) is 20.2. The van der Waals surface area contributed by atoms with Gasteiger partial charge in [-0.05, 0) is 83.4 Å². The highest BCUT2D eigenvalue weighted by atomic mass is 16.1. The van der Waals surface area contributed by atoms with E-state index < -0.39 is 0 Å². The number of Topliss-reactive ketones (excluding diaryl/α,β-unsaturated/α-hetero) is 1. The van der Waals surface area contributed by atoms with Gasteiger partial charge in [0.2, 0.25) is 0 Å². The Morgan fingerprint density at radius 3 is 1.46 bits per heavy atom. The zero-order valence-electron chi connectivity index (χ0n) is 20.7. The average Bonchev–Trinajstić information content (AvgIpc) is 3.32. The first-order chi connectivity index (χ1) is 16.9. The number of carbonyl (C=O) groups excluding carboxylic acids is 1. The normalized spacial score (nSPS) is 16.4. The van der Waals surface area contributed by atoms with Crippen molar-refractivity contribution in [2.24, 2.45) is 0 Å². The predicted octanol–water partition coefficient (Wildman–Crippen LogP) is 6.51. The Bertz CT molecular complexity index is 1340. The summed E-state index contributed by atoms with van der Waals surface area (Å²) in [6.45, 7) is 8.14. The maximum absolute atomic E-state index is 13.5. The molecule has 1 fully saturated rings. The lowest BCUT2D eigenvalue weighted by Crippen LogP contribution is -2.12. The summed E-state index contributed by atoms with van der Waals surface area (Å²) in [6.07, 6.45) is 6.64. The van der Waals surface area contributed by atoms with Crippen LogP contribution in [0.5, 0.6) is 0 Å². The van der Waals surface area contributed by atoms with Crippen LogP contribution in [0.2, 0.25) is 0 Å². The van der Waals surface area contributed by atoms with Gasteiger partial charge in [0.05, 0.1) is 22.8 Å². The number of hydrogen-bond acceptors (Lipinski definition) is 3. The molecule has 0 aliphatic heterocycles. The number of aromatic nitrogens is 4. The van der Waals surface area contributed by atoms with Crippen LogP contribution in [0, 0.1) is 27.7 Å².